The molecule has 0 amide bonds. The number of rotatable bonds is 7. The highest BCUT2D eigenvalue weighted by Gasteiger charge is 2.32. The van der Waals surface area contributed by atoms with E-state index in [0.29, 0.717) is 23.5 Å². The lowest BCUT2D eigenvalue weighted by molar-refractivity contribution is 0.391. The summed E-state index contributed by atoms with van der Waals surface area (Å²) in [6.45, 7) is 4.31. The lowest BCUT2D eigenvalue weighted by atomic mass is 10.1. The highest BCUT2D eigenvalue weighted by atomic mass is 32.2. The van der Waals surface area contributed by atoms with Crippen molar-refractivity contribution in [3.63, 3.8) is 0 Å². The largest absolute Gasteiger partial charge is 0.341 e. The Balaban J connectivity index is 1.29. The summed E-state index contributed by atoms with van der Waals surface area (Å²) in [6, 6.07) is 8.86. The fourth-order valence-corrected chi connectivity index (χ4v) is 4.44. The number of anilines is 1. The van der Waals surface area contributed by atoms with Crippen molar-refractivity contribution in [1.82, 2.24) is 24.9 Å². The van der Waals surface area contributed by atoms with Gasteiger partial charge in [-0.15, -0.1) is 10.2 Å². The number of nitrogens with zero attached hydrogens (tertiary/aromatic N) is 6. The molecule has 0 N–H and O–H groups in total. The summed E-state index contributed by atoms with van der Waals surface area (Å²) < 4.78 is 7.79. The van der Waals surface area contributed by atoms with Crippen molar-refractivity contribution in [2.75, 3.05) is 18.0 Å². The molecule has 1 saturated carbocycles. The summed E-state index contributed by atoms with van der Waals surface area (Å²) in [5, 5.41) is 14.1. The molecule has 3 aromatic rings. The van der Waals surface area contributed by atoms with Crippen LogP contribution >= 0.6 is 11.8 Å². The molecular weight excluding hydrogens is 372 g/mol. The van der Waals surface area contributed by atoms with Crippen LogP contribution in [0, 0.1) is 0 Å². The van der Waals surface area contributed by atoms with Crippen molar-refractivity contribution in [3.05, 3.63) is 35.7 Å². The van der Waals surface area contributed by atoms with Crippen LogP contribution in [0.15, 0.2) is 33.9 Å². The van der Waals surface area contributed by atoms with Gasteiger partial charge >= 0.3 is 0 Å². The van der Waals surface area contributed by atoms with Gasteiger partial charge < -0.3 is 9.42 Å². The summed E-state index contributed by atoms with van der Waals surface area (Å²) in [6.07, 6.45) is 5.93. The maximum absolute atomic E-state index is 5.47. The van der Waals surface area contributed by atoms with Gasteiger partial charge in [0.15, 0.2) is 5.16 Å². The Labute approximate surface area is 168 Å². The van der Waals surface area contributed by atoms with Gasteiger partial charge in [-0.1, -0.05) is 48.1 Å². The Morgan fingerprint density at radius 1 is 1.11 bits per heavy atom. The Kier molecular flexibility index (Phi) is 4.80. The van der Waals surface area contributed by atoms with E-state index < -0.39 is 0 Å². The van der Waals surface area contributed by atoms with Crippen LogP contribution < -0.4 is 4.90 Å². The van der Waals surface area contributed by atoms with Crippen LogP contribution in [0.4, 0.5) is 5.95 Å². The van der Waals surface area contributed by atoms with E-state index in [0.717, 1.165) is 36.2 Å². The first-order valence-corrected chi connectivity index (χ1v) is 11.0. The van der Waals surface area contributed by atoms with E-state index in [-0.39, 0.29) is 0 Å². The smallest absolute Gasteiger partial charge is 0.237 e. The van der Waals surface area contributed by atoms with Gasteiger partial charge in [-0.3, -0.25) is 4.57 Å². The lowest BCUT2D eigenvalue weighted by Gasteiger charge is -2.17. The van der Waals surface area contributed by atoms with Gasteiger partial charge in [-0.2, -0.15) is 4.98 Å². The van der Waals surface area contributed by atoms with Gasteiger partial charge in [0.05, 0.1) is 5.75 Å². The normalized spacial score (nSPS) is 16.8. The second kappa shape index (κ2) is 7.58. The summed E-state index contributed by atoms with van der Waals surface area (Å²) >= 11 is 1.63. The summed E-state index contributed by atoms with van der Waals surface area (Å²) in [5.41, 5.74) is 2.28. The average molecular weight is 397 g/mol. The van der Waals surface area contributed by atoms with E-state index in [1.165, 1.54) is 31.2 Å². The number of hydrogen-bond donors (Lipinski definition) is 0. The minimum Gasteiger partial charge on any atom is -0.341 e. The molecule has 0 radical (unpaired) electrons. The van der Waals surface area contributed by atoms with Crippen LogP contribution in [0.25, 0.3) is 11.4 Å². The zero-order chi connectivity index (χ0) is 18.9. The predicted molar refractivity (Wildman–Crippen MR) is 108 cm³/mol. The molecule has 1 aromatic carbocycles. The first kappa shape index (κ1) is 17.7. The van der Waals surface area contributed by atoms with Gasteiger partial charge in [0, 0.05) is 24.7 Å². The molecule has 7 nitrogen and oxygen atoms in total. The summed E-state index contributed by atoms with van der Waals surface area (Å²) in [4.78, 5) is 6.92. The highest BCUT2D eigenvalue weighted by Crippen LogP contribution is 2.41. The quantitative estimate of drug-likeness (QED) is 0.556. The molecule has 2 fully saturated rings. The first-order valence-electron chi connectivity index (χ1n) is 10.1. The molecule has 8 heteroatoms. The van der Waals surface area contributed by atoms with E-state index in [2.05, 4.69) is 48.9 Å². The third-order valence-corrected chi connectivity index (χ3v) is 6.29. The molecule has 1 aliphatic carbocycles. The third kappa shape index (κ3) is 3.53. The van der Waals surface area contributed by atoms with E-state index in [9.17, 15) is 0 Å². The zero-order valence-corrected chi connectivity index (χ0v) is 16.9. The second-order valence-corrected chi connectivity index (χ2v) is 8.37. The van der Waals surface area contributed by atoms with Gasteiger partial charge in [-0.05, 0) is 37.7 Å². The van der Waals surface area contributed by atoms with Crippen molar-refractivity contribution < 1.29 is 4.52 Å². The molecular formula is C20H24N6OS. The second-order valence-electron chi connectivity index (χ2n) is 7.43. The number of benzene rings is 1. The van der Waals surface area contributed by atoms with Gasteiger partial charge in [0.2, 0.25) is 17.7 Å². The van der Waals surface area contributed by atoms with Crippen LogP contribution in [0.1, 0.15) is 50.1 Å². The van der Waals surface area contributed by atoms with Crippen LogP contribution in [-0.4, -0.2) is 38.0 Å². The molecule has 0 atom stereocenters. The van der Waals surface area contributed by atoms with Crippen LogP contribution in [-0.2, 0) is 12.2 Å². The Hall–Kier alpha value is -2.35. The topological polar surface area (TPSA) is 72.9 Å². The molecule has 146 valence electrons. The van der Waals surface area contributed by atoms with Crippen LogP contribution in [0.3, 0.4) is 0 Å². The Morgan fingerprint density at radius 3 is 2.61 bits per heavy atom. The SMILES string of the molecule is CCc1ccc(-c2noc(CSc3nnc(N4CCCC4)n3C3CC3)n2)cc1. The first-order chi connectivity index (χ1) is 13.8. The van der Waals surface area contributed by atoms with Crippen molar-refractivity contribution in [2.24, 2.45) is 0 Å². The fourth-order valence-electron chi connectivity index (χ4n) is 3.60. The van der Waals surface area contributed by atoms with Crippen molar-refractivity contribution >= 4 is 17.7 Å². The predicted octanol–water partition coefficient (Wildman–Crippen LogP) is 4.12. The monoisotopic (exact) mass is 396 g/mol. The molecule has 5 rings (SSSR count). The fraction of sp³-hybridized carbons (Fsp3) is 0.500. The average Bonchev–Trinajstić information content (AvgIpc) is 3.16. The molecule has 1 saturated heterocycles. The minimum atomic E-state index is 0.545. The number of thioether (sulfide) groups is 1. The van der Waals surface area contributed by atoms with Crippen LogP contribution in [0.5, 0.6) is 0 Å². The standard InChI is InChI=1S/C20H24N6OS/c1-2-14-5-7-15(8-6-14)18-21-17(27-24-18)13-28-20-23-22-19(25-11-3-4-12-25)26(20)16-9-10-16/h5-8,16H,2-4,9-13H2,1H3. The van der Waals surface area contributed by atoms with Crippen molar-refractivity contribution in [1.29, 1.82) is 0 Å². The molecule has 0 spiro atoms. The van der Waals surface area contributed by atoms with Crippen molar-refractivity contribution in [2.45, 2.75) is 56.0 Å². The van der Waals surface area contributed by atoms with E-state index in [1.807, 2.05) is 12.1 Å². The van der Waals surface area contributed by atoms with E-state index in [4.69, 9.17) is 4.52 Å². The minimum absolute atomic E-state index is 0.545. The van der Waals surface area contributed by atoms with Gasteiger partial charge in [0.1, 0.15) is 0 Å². The maximum Gasteiger partial charge on any atom is 0.237 e. The maximum atomic E-state index is 5.47. The summed E-state index contributed by atoms with van der Waals surface area (Å²) in [7, 11) is 0. The molecule has 3 heterocycles. The number of hydrogen-bond acceptors (Lipinski definition) is 7. The van der Waals surface area contributed by atoms with E-state index >= 15 is 0 Å². The van der Waals surface area contributed by atoms with E-state index in [1.54, 1.807) is 11.8 Å². The molecule has 2 aromatic heterocycles. The lowest BCUT2D eigenvalue weighted by Crippen LogP contribution is -2.22. The molecule has 28 heavy (non-hydrogen) atoms. The van der Waals surface area contributed by atoms with Crippen LogP contribution in [0.2, 0.25) is 0 Å². The Morgan fingerprint density at radius 2 is 1.89 bits per heavy atom. The number of aromatic nitrogens is 5. The van der Waals surface area contributed by atoms with Gasteiger partial charge in [0.25, 0.3) is 0 Å². The zero-order valence-electron chi connectivity index (χ0n) is 16.0. The molecule has 1 aliphatic heterocycles. The van der Waals surface area contributed by atoms with Crippen molar-refractivity contribution in [3.8, 4) is 11.4 Å². The van der Waals surface area contributed by atoms with Gasteiger partial charge in [-0.25, -0.2) is 0 Å². The molecule has 2 aliphatic rings. The third-order valence-electron chi connectivity index (χ3n) is 5.36. The number of aryl methyl sites for hydroxylation is 1. The molecule has 0 unspecified atom stereocenters. The summed E-state index contributed by atoms with van der Waals surface area (Å²) in [5.74, 6) is 2.89. The highest BCUT2D eigenvalue weighted by molar-refractivity contribution is 7.98. The molecule has 0 bridgehead atoms. The Bertz CT molecular complexity index is 940.